The molecule has 3 heterocycles. The summed E-state index contributed by atoms with van der Waals surface area (Å²) >= 11 is 13.3. The number of carbonyl (C=O) groups is 2. The predicted molar refractivity (Wildman–Crippen MR) is 186 cm³/mol. The summed E-state index contributed by atoms with van der Waals surface area (Å²) in [6.07, 6.45) is 1.68. The van der Waals surface area contributed by atoms with Crippen LogP contribution in [0.5, 0.6) is 0 Å². The lowest BCUT2D eigenvalue weighted by Gasteiger charge is -2.40. The Balaban J connectivity index is 1.72. The van der Waals surface area contributed by atoms with E-state index in [9.17, 15) is 22.8 Å². The van der Waals surface area contributed by atoms with Crippen molar-refractivity contribution in [3.8, 4) is 0 Å². The summed E-state index contributed by atoms with van der Waals surface area (Å²) in [5.74, 6) is -3.66. The lowest BCUT2D eigenvalue weighted by molar-refractivity contribution is -0.149. The number of halogens is 5. The van der Waals surface area contributed by atoms with Gasteiger partial charge in [-0.3, -0.25) is 19.6 Å². The average Bonchev–Trinajstić information content (AvgIpc) is 3.67. The molecule has 2 atom stereocenters. The second kappa shape index (κ2) is 17.0. The van der Waals surface area contributed by atoms with Gasteiger partial charge in [0.05, 0.1) is 53.0 Å². The van der Waals surface area contributed by atoms with Gasteiger partial charge in [-0.15, -0.1) is 0 Å². The summed E-state index contributed by atoms with van der Waals surface area (Å²) in [5, 5.41) is 8.62. The molecule has 1 aromatic heterocycles. The van der Waals surface area contributed by atoms with Crippen molar-refractivity contribution in [2.24, 2.45) is 16.8 Å². The van der Waals surface area contributed by atoms with Gasteiger partial charge in [-0.25, -0.2) is 0 Å². The Bertz CT molecular complexity index is 1320. The number of aliphatic imine (C=N–C) groups is 1. The van der Waals surface area contributed by atoms with E-state index in [1.54, 1.807) is 6.92 Å². The number of fused-ring (bicyclic) bond motifs is 2. The third-order valence-corrected chi connectivity index (χ3v) is 15.9. The number of nitrogens with zero attached hydrogens (tertiary/aromatic N) is 3. The van der Waals surface area contributed by atoms with Crippen LogP contribution in [0.4, 0.5) is 13.2 Å². The highest BCUT2D eigenvalue weighted by Gasteiger charge is 2.51. The van der Waals surface area contributed by atoms with E-state index in [0.29, 0.717) is 37.5 Å². The molecule has 1 saturated carbocycles. The molecule has 274 valence electrons. The van der Waals surface area contributed by atoms with Gasteiger partial charge in [0.2, 0.25) is 5.91 Å². The molecule has 0 radical (unpaired) electrons. The molecule has 15 heteroatoms. The minimum absolute atomic E-state index is 0.0293. The topological polar surface area (TPSA) is 114 Å². The molecule has 2 saturated heterocycles. The quantitative estimate of drug-likeness (QED) is 0.103. The molecule has 1 aromatic rings. The van der Waals surface area contributed by atoms with Crippen LogP contribution in [0.1, 0.15) is 90.7 Å². The maximum atomic E-state index is 14.8. The normalized spacial score (nSPS) is 25.6. The van der Waals surface area contributed by atoms with Crippen LogP contribution >= 0.6 is 23.2 Å². The number of esters is 1. The number of ether oxygens (including phenoxy) is 2. The Hall–Kier alpha value is -2.06. The van der Waals surface area contributed by atoms with Crippen molar-refractivity contribution >= 4 is 55.3 Å². The van der Waals surface area contributed by atoms with Crippen molar-refractivity contribution < 1.29 is 36.7 Å². The van der Waals surface area contributed by atoms with Gasteiger partial charge in [-0.05, 0) is 76.4 Å². The highest BCUT2D eigenvalue weighted by molar-refractivity contribution is 6.73. The lowest BCUT2D eigenvalue weighted by atomic mass is 9.86. The van der Waals surface area contributed by atoms with Gasteiger partial charge in [0, 0.05) is 30.7 Å². The van der Waals surface area contributed by atoms with E-state index >= 15 is 0 Å². The van der Waals surface area contributed by atoms with Crippen molar-refractivity contribution in [2.75, 3.05) is 19.7 Å². The molecule has 49 heavy (non-hydrogen) atoms. The minimum atomic E-state index is -4.98. The van der Waals surface area contributed by atoms with E-state index in [2.05, 4.69) is 30.7 Å². The molecule has 3 fully saturated rings. The SMILES string of the molecule is CCOC(=O)C1CCC(N=C(C(C=N)C(=O)N(CC(O[Si](CC)(CC)CC)c2c(Cl)cncc2Cl)CC23CCC(CC2)O3)C(F)(F)F)CC1. The zero-order valence-corrected chi connectivity index (χ0v) is 31.3. The number of aromatic nitrogens is 1. The number of carbonyl (C=O) groups excluding carboxylic acids is 2. The van der Waals surface area contributed by atoms with Crippen LogP contribution in [-0.2, 0) is 23.5 Å². The van der Waals surface area contributed by atoms with Crippen molar-refractivity contribution in [3.05, 3.63) is 28.0 Å². The molecule has 1 aliphatic carbocycles. The summed E-state index contributed by atoms with van der Waals surface area (Å²) in [6, 6.07) is 1.55. The molecule has 1 amide bonds. The van der Waals surface area contributed by atoms with Crippen molar-refractivity contribution in [2.45, 2.75) is 127 Å². The molecule has 2 aliphatic heterocycles. The molecule has 0 aromatic carbocycles. The smallest absolute Gasteiger partial charge is 0.430 e. The molecule has 4 rings (SSSR count). The van der Waals surface area contributed by atoms with E-state index in [0.717, 1.165) is 31.0 Å². The first-order valence-corrected chi connectivity index (χ1v) is 20.8. The van der Waals surface area contributed by atoms with E-state index in [1.165, 1.54) is 17.3 Å². The highest BCUT2D eigenvalue weighted by Crippen LogP contribution is 2.45. The Morgan fingerprint density at radius 3 is 2.14 bits per heavy atom. The Kier molecular flexibility index (Phi) is 13.8. The fourth-order valence-electron chi connectivity index (χ4n) is 7.59. The van der Waals surface area contributed by atoms with Gasteiger partial charge in [0.15, 0.2) is 8.32 Å². The predicted octanol–water partition coefficient (Wildman–Crippen LogP) is 8.38. The fourth-order valence-corrected chi connectivity index (χ4v) is 11.0. The summed E-state index contributed by atoms with van der Waals surface area (Å²) in [7, 11) is -2.40. The van der Waals surface area contributed by atoms with Crippen LogP contribution in [0.2, 0.25) is 28.2 Å². The van der Waals surface area contributed by atoms with Crippen LogP contribution in [-0.4, -0.2) is 85.6 Å². The number of nitrogens with one attached hydrogen (secondary N) is 1. The maximum Gasteiger partial charge on any atom is 0.430 e. The average molecular weight is 750 g/mol. The van der Waals surface area contributed by atoms with E-state index in [1.807, 2.05) is 0 Å². The Morgan fingerprint density at radius 2 is 1.67 bits per heavy atom. The van der Waals surface area contributed by atoms with Crippen molar-refractivity contribution in [1.29, 1.82) is 5.41 Å². The molecular weight excluding hydrogens is 700 g/mol. The molecular formula is C34H49Cl2F3N4O5Si. The third kappa shape index (κ3) is 9.44. The van der Waals surface area contributed by atoms with Crippen LogP contribution in [0, 0.1) is 17.2 Å². The summed E-state index contributed by atoms with van der Waals surface area (Å²) in [5.41, 5.74) is -1.60. The zero-order chi connectivity index (χ0) is 36.0. The Labute approximate surface area is 298 Å². The minimum Gasteiger partial charge on any atom is -0.466 e. The number of rotatable bonds is 16. The van der Waals surface area contributed by atoms with E-state index in [4.69, 9.17) is 42.5 Å². The third-order valence-electron chi connectivity index (χ3n) is 10.6. The van der Waals surface area contributed by atoms with Gasteiger partial charge < -0.3 is 24.2 Å². The Morgan fingerprint density at radius 1 is 1.08 bits per heavy atom. The van der Waals surface area contributed by atoms with Gasteiger partial charge in [-0.1, -0.05) is 44.0 Å². The molecule has 2 bridgehead atoms. The van der Waals surface area contributed by atoms with Gasteiger partial charge >= 0.3 is 12.1 Å². The van der Waals surface area contributed by atoms with Crippen molar-refractivity contribution in [3.63, 3.8) is 0 Å². The van der Waals surface area contributed by atoms with Gasteiger partial charge in [0.25, 0.3) is 0 Å². The second-order valence-electron chi connectivity index (χ2n) is 13.5. The summed E-state index contributed by atoms with van der Waals surface area (Å²) < 4.78 is 62.8. The highest BCUT2D eigenvalue weighted by atomic mass is 35.5. The van der Waals surface area contributed by atoms with Gasteiger partial charge in [0.1, 0.15) is 11.6 Å². The zero-order valence-electron chi connectivity index (χ0n) is 28.8. The fraction of sp³-hybridized carbons (Fsp3) is 0.735. The number of hydrogen-bond donors (Lipinski definition) is 1. The summed E-state index contributed by atoms with van der Waals surface area (Å²) in [6.45, 7) is 7.97. The van der Waals surface area contributed by atoms with E-state index in [-0.39, 0.29) is 54.7 Å². The van der Waals surface area contributed by atoms with Crippen LogP contribution in [0.3, 0.4) is 0 Å². The monoisotopic (exact) mass is 748 g/mol. The molecule has 2 unspecified atom stereocenters. The second-order valence-corrected chi connectivity index (χ2v) is 19.0. The molecule has 0 spiro atoms. The molecule has 9 nitrogen and oxygen atoms in total. The van der Waals surface area contributed by atoms with Crippen LogP contribution in [0.15, 0.2) is 17.4 Å². The molecule has 3 aliphatic rings. The number of alkyl halides is 3. The number of hydrogen-bond acceptors (Lipinski definition) is 8. The van der Waals surface area contributed by atoms with Crippen LogP contribution < -0.4 is 0 Å². The van der Waals surface area contributed by atoms with Gasteiger partial charge in [-0.2, -0.15) is 13.2 Å². The number of amides is 1. The van der Waals surface area contributed by atoms with Crippen molar-refractivity contribution in [1.82, 2.24) is 9.88 Å². The number of pyridine rings is 1. The van der Waals surface area contributed by atoms with E-state index < -0.39 is 55.7 Å². The van der Waals surface area contributed by atoms with Crippen LogP contribution in [0.25, 0.3) is 0 Å². The maximum absolute atomic E-state index is 14.8. The standard InChI is InChI=1S/C34H49Cl2F3N4O5Si/c1-5-46-32(45)22-9-11-23(12-10-22)42-30(34(37,38)39)25(17-40)31(44)43(21-33-15-13-24(47-33)14-16-33)20-28(48-49(6-2,7-3)8-4)29-26(35)18-41-19-27(29)36/h17-19,22-25,28,40H,5-16,20-21H2,1-4H3. The first kappa shape index (κ1) is 39.7. The molecule has 1 N–H and O–H groups in total. The summed E-state index contributed by atoms with van der Waals surface area (Å²) in [4.78, 5) is 36.3. The first-order valence-electron chi connectivity index (χ1n) is 17.5. The largest absolute Gasteiger partial charge is 0.466 e. The first-order chi connectivity index (χ1) is 23.2. The lowest BCUT2D eigenvalue weighted by Crippen LogP contribution is -2.52.